The SMILES string of the molecule is CC1Cc2ccccc2C(C(=O)Nc2ccc(C(=O)OC(C)(C)C)cc2)=N1.c1ccc2ncccc2c1. The summed E-state index contributed by atoms with van der Waals surface area (Å²) in [5, 5.41) is 4.06. The summed E-state index contributed by atoms with van der Waals surface area (Å²) in [7, 11) is 0. The highest BCUT2D eigenvalue weighted by atomic mass is 16.6. The lowest BCUT2D eigenvalue weighted by atomic mass is 9.94. The Morgan fingerprint density at radius 1 is 0.892 bits per heavy atom. The molecule has 1 aliphatic rings. The van der Waals surface area contributed by atoms with E-state index >= 15 is 0 Å². The third-order valence-corrected chi connectivity index (χ3v) is 5.64. The average Bonchev–Trinajstić information content (AvgIpc) is 2.88. The Bertz CT molecular complexity index is 1370. The third kappa shape index (κ3) is 6.88. The van der Waals surface area contributed by atoms with Crippen LogP contribution in [0.5, 0.6) is 0 Å². The second kappa shape index (κ2) is 11.2. The molecule has 6 heteroatoms. The minimum atomic E-state index is -0.548. The van der Waals surface area contributed by atoms with Gasteiger partial charge in [0.15, 0.2) is 0 Å². The number of nitrogens with one attached hydrogen (secondary N) is 1. The molecule has 1 aromatic heterocycles. The average molecular weight is 494 g/mol. The van der Waals surface area contributed by atoms with E-state index in [1.54, 1.807) is 24.3 Å². The molecule has 1 N–H and O–H groups in total. The molecule has 6 nitrogen and oxygen atoms in total. The lowest BCUT2D eigenvalue weighted by Crippen LogP contribution is -2.30. The molecule has 5 rings (SSSR count). The zero-order valence-electron chi connectivity index (χ0n) is 21.6. The van der Waals surface area contributed by atoms with Crippen molar-refractivity contribution >= 4 is 34.2 Å². The van der Waals surface area contributed by atoms with Crippen molar-refractivity contribution in [2.75, 3.05) is 5.32 Å². The van der Waals surface area contributed by atoms with E-state index < -0.39 is 5.60 Å². The van der Waals surface area contributed by atoms with E-state index in [4.69, 9.17) is 4.74 Å². The predicted octanol–water partition coefficient (Wildman–Crippen LogP) is 6.25. The van der Waals surface area contributed by atoms with E-state index in [9.17, 15) is 9.59 Å². The molecular formula is C31H31N3O3. The van der Waals surface area contributed by atoms with Crippen molar-refractivity contribution in [3.63, 3.8) is 0 Å². The second-order valence-corrected chi connectivity index (χ2v) is 9.92. The molecule has 1 amide bonds. The van der Waals surface area contributed by atoms with Crippen molar-refractivity contribution in [2.45, 2.75) is 45.8 Å². The van der Waals surface area contributed by atoms with Crippen molar-refractivity contribution in [3.05, 3.63) is 108 Å². The Labute approximate surface area is 217 Å². The molecule has 0 bridgehead atoms. The highest BCUT2D eigenvalue weighted by molar-refractivity contribution is 6.49. The standard InChI is InChI=1S/C22H24N2O3.C9H7N/c1-14-13-16-7-5-6-8-18(16)19(23-14)20(25)24-17-11-9-15(10-12-17)21(26)27-22(2,3)4;1-2-6-9-8(4-1)5-3-7-10-9/h5-12,14H,13H2,1-4H3,(H,24,25);1-7H. The number of aromatic nitrogens is 1. The van der Waals surface area contributed by atoms with E-state index in [2.05, 4.69) is 27.4 Å². The Hall–Kier alpha value is -4.32. The molecule has 4 aromatic rings. The van der Waals surface area contributed by atoms with Crippen LogP contribution in [0.2, 0.25) is 0 Å². The maximum Gasteiger partial charge on any atom is 0.338 e. The summed E-state index contributed by atoms with van der Waals surface area (Å²) in [6.45, 7) is 7.47. The van der Waals surface area contributed by atoms with Crippen molar-refractivity contribution < 1.29 is 14.3 Å². The fraction of sp³-hybridized carbons (Fsp3) is 0.226. The van der Waals surface area contributed by atoms with Gasteiger partial charge in [0.1, 0.15) is 11.3 Å². The van der Waals surface area contributed by atoms with Gasteiger partial charge in [-0.3, -0.25) is 14.8 Å². The molecule has 1 atom stereocenters. The number of carbonyl (C=O) groups excluding carboxylic acids is 2. The van der Waals surface area contributed by atoms with Crippen LogP contribution in [0.3, 0.4) is 0 Å². The summed E-state index contributed by atoms with van der Waals surface area (Å²) in [6.07, 6.45) is 2.64. The molecule has 37 heavy (non-hydrogen) atoms. The normalized spacial score (nSPS) is 14.5. The number of amides is 1. The van der Waals surface area contributed by atoms with Crippen LogP contribution < -0.4 is 5.32 Å². The summed E-state index contributed by atoms with van der Waals surface area (Å²) in [4.78, 5) is 33.6. The first-order valence-electron chi connectivity index (χ1n) is 12.3. The third-order valence-electron chi connectivity index (χ3n) is 5.64. The van der Waals surface area contributed by atoms with Crippen LogP contribution in [0.4, 0.5) is 5.69 Å². The summed E-state index contributed by atoms with van der Waals surface area (Å²) in [5.41, 5.74) is 4.00. The minimum Gasteiger partial charge on any atom is -0.456 e. The molecule has 0 saturated heterocycles. The zero-order valence-corrected chi connectivity index (χ0v) is 21.6. The monoisotopic (exact) mass is 493 g/mol. The van der Waals surface area contributed by atoms with Crippen molar-refractivity contribution in [1.82, 2.24) is 4.98 Å². The molecule has 0 aliphatic carbocycles. The number of nitrogens with zero attached hydrogens (tertiary/aromatic N) is 2. The maximum absolute atomic E-state index is 12.7. The van der Waals surface area contributed by atoms with E-state index in [1.807, 2.05) is 82.4 Å². The molecular weight excluding hydrogens is 462 g/mol. The van der Waals surface area contributed by atoms with Crippen molar-refractivity contribution in [3.8, 4) is 0 Å². The van der Waals surface area contributed by atoms with Crippen LogP contribution in [-0.4, -0.2) is 34.2 Å². The Balaban J connectivity index is 0.000000265. The number of benzene rings is 3. The van der Waals surface area contributed by atoms with E-state index in [1.165, 1.54) is 5.39 Å². The van der Waals surface area contributed by atoms with Gasteiger partial charge in [0.05, 0.1) is 17.1 Å². The van der Waals surface area contributed by atoms with Gasteiger partial charge in [-0.2, -0.15) is 0 Å². The molecule has 2 heterocycles. The topological polar surface area (TPSA) is 80.7 Å². The van der Waals surface area contributed by atoms with Gasteiger partial charge in [-0.05, 0) is 76.1 Å². The number of carbonyl (C=O) groups is 2. The fourth-order valence-corrected chi connectivity index (χ4v) is 4.00. The van der Waals surface area contributed by atoms with Crippen LogP contribution in [0.25, 0.3) is 10.9 Å². The lowest BCUT2D eigenvalue weighted by molar-refractivity contribution is -0.110. The first-order chi connectivity index (χ1) is 17.7. The highest BCUT2D eigenvalue weighted by Gasteiger charge is 2.23. The molecule has 1 unspecified atom stereocenters. The number of ether oxygens (including phenoxy) is 1. The lowest BCUT2D eigenvalue weighted by Gasteiger charge is -2.21. The molecule has 0 saturated carbocycles. The first kappa shape index (κ1) is 25.8. The summed E-state index contributed by atoms with van der Waals surface area (Å²) in [6, 6.07) is 26.7. The number of esters is 1. The summed E-state index contributed by atoms with van der Waals surface area (Å²) >= 11 is 0. The Morgan fingerprint density at radius 3 is 2.30 bits per heavy atom. The number of aliphatic imine (C=N–C) groups is 1. The molecule has 0 radical (unpaired) electrons. The molecule has 0 fully saturated rings. The number of pyridine rings is 1. The van der Waals surface area contributed by atoms with Crippen LogP contribution >= 0.6 is 0 Å². The summed E-state index contributed by atoms with van der Waals surface area (Å²) in [5.74, 6) is -0.640. The number of fused-ring (bicyclic) bond motifs is 2. The number of hydrogen-bond acceptors (Lipinski definition) is 5. The zero-order chi connectivity index (χ0) is 26.4. The van der Waals surface area contributed by atoms with Crippen LogP contribution in [0, 0.1) is 0 Å². The quantitative estimate of drug-likeness (QED) is 0.342. The smallest absolute Gasteiger partial charge is 0.338 e. The number of anilines is 1. The highest BCUT2D eigenvalue weighted by Crippen LogP contribution is 2.21. The van der Waals surface area contributed by atoms with E-state index in [0.717, 1.165) is 23.1 Å². The minimum absolute atomic E-state index is 0.0650. The van der Waals surface area contributed by atoms with Crippen LogP contribution in [-0.2, 0) is 16.0 Å². The van der Waals surface area contributed by atoms with E-state index in [-0.39, 0.29) is 17.9 Å². The van der Waals surface area contributed by atoms with Gasteiger partial charge in [0.25, 0.3) is 5.91 Å². The second-order valence-electron chi connectivity index (χ2n) is 9.92. The first-order valence-corrected chi connectivity index (χ1v) is 12.3. The van der Waals surface area contributed by atoms with Crippen molar-refractivity contribution in [1.29, 1.82) is 0 Å². The Kier molecular flexibility index (Phi) is 7.77. The van der Waals surface area contributed by atoms with Gasteiger partial charge in [-0.15, -0.1) is 0 Å². The van der Waals surface area contributed by atoms with Gasteiger partial charge in [-0.1, -0.05) is 48.5 Å². The Morgan fingerprint density at radius 2 is 1.57 bits per heavy atom. The fourth-order valence-electron chi connectivity index (χ4n) is 4.00. The van der Waals surface area contributed by atoms with Gasteiger partial charge < -0.3 is 10.1 Å². The number of hydrogen-bond donors (Lipinski definition) is 1. The molecule has 1 aliphatic heterocycles. The molecule has 188 valence electrons. The molecule has 0 spiro atoms. The van der Waals surface area contributed by atoms with Crippen LogP contribution in [0.15, 0.2) is 96.1 Å². The molecule has 3 aromatic carbocycles. The number of rotatable bonds is 3. The largest absolute Gasteiger partial charge is 0.456 e. The van der Waals surface area contributed by atoms with Crippen molar-refractivity contribution in [2.24, 2.45) is 4.99 Å². The van der Waals surface area contributed by atoms with Crippen LogP contribution in [0.1, 0.15) is 49.2 Å². The van der Waals surface area contributed by atoms with Gasteiger partial charge in [0, 0.05) is 22.8 Å². The summed E-state index contributed by atoms with van der Waals surface area (Å²) < 4.78 is 5.35. The van der Waals surface area contributed by atoms with E-state index in [0.29, 0.717) is 17.0 Å². The van der Waals surface area contributed by atoms with Gasteiger partial charge >= 0.3 is 5.97 Å². The number of para-hydroxylation sites is 1. The maximum atomic E-state index is 12.7. The predicted molar refractivity (Wildman–Crippen MR) is 148 cm³/mol. The van der Waals surface area contributed by atoms with Gasteiger partial charge in [-0.25, -0.2) is 4.79 Å². The van der Waals surface area contributed by atoms with Gasteiger partial charge in [0.2, 0.25) is 0 Å².